The van der Waals surface area contributed by atoms with Gasteiger partial charge in [0.15, 0.2) is 0 Å². The lowest BCUT2D eigenvalue weighted by atomic mass is 9.82. The zero-order chi connectivity index (χ0) is 13.6. The summed E-state index contributed by atoms with van der Waals surface area (Å²) in [6.45, 7) is 4.42. The van der Waals surface area contributed by atoms with E-state index in [0.29, 0.717) is 6.42 Å². The van der Waals surface area contributed by atoms with Crippen molar-refractivity contribution in [2.45, 2.75) is 44.1 Å². The first-order valence-corrected chi connectivity index (χ1v) is 5.83. The molecule has 0 heterocycles. The molecule has 3 nitrogen and oxygen atoms in total. The van der Waals surface area contributed by atoms with Crippen LogP contribution in [0.15, 0.2) is 12.8 Å². The van der Waals surface area contributed by atoms with Crippen LogP contribution < -0.4 is 0 Å². The van der Waals surface area contributed by atoms with Gasteiger partial charge >= 0.3 is 12.1 Å². The molecule has 6 heteroatoms. The van der Waals surface area contributed by atoms with Gasteiger partial charge in [-0.05, 0) is 12.8 Å². The monoisotopic (exact) mass is 264 g/mol. The predicted octanol–water partition coefficient (Wildman–Crippen LogP) is 2.81. The lowest BCUT2D eigenvalue weighted by Gasteiger charge is -2.39. The van der Waals surface area contributed by atoms with Crippen molar-refractivity contribution in [1.82, 2.24) is 0 Å². The summed E-state index contributed by atoms with van der Waals surface area (Å²) in [6.07, 6.45) is -3.09. The smallest absolute Gasteiger partial charge is 0.428 e. The normalized spacial score (nSPS) is 38.6. The van der Waals surface area contributed by atoms with Gasteiger partial charge in [-0.3, -0.25) is 4.79 Å². The van der Waals surface area contributed by atoms with Gasteiger partial charge in [0.05, 0.1) is 6.26 Å². The molecule has 2 rings (SSSR count). The SMILES string of the molecule is C=COC1CC2CC1CC2(OC(C)=O)C(F)(F)F. The van der Waals surface area contributed by atoms with Gasteiger partial charge in [0, 0.05) is 25.2 Å². The number of carbonyl (C=O) groups is 1. The van der Waals surface area contributed by atoms with E-state index in [-0.39, 0.29) is 24.9 Å². The first-order chi connectivity index (χ1) is 8.30. The quantitative estimate of drug-likeness (QED) is 0.581. The molecule has 0 aromatic heterocycles. The molecule has 2 aliphatic rings. The van der Waals surface area contributed by atoms with Crippen LogP contribution in [0, 0.1) is 11.8 Å². The third kappa shape index (κ3) is 1.87. The van der Waals surface area contributed by atoms with Crippen LogP contribution >= 0.6 is 0 Å². The standard InChI is InChI=1S/C12H15F3O3/c1-3-17-10-5-9-4-8(10)6-11(9,12(13,14)15)18-7(2)16/h3,8-10H,1,4-6H2,2H3. The molecular formula is C12H15F3O3. The Kier molecular flexibility index (Phi) is 3.07. The molecule has 0 aliphatic heterocycles. The molecular weight excluding hydrogens is 249 g/mol. The number of ether oxygens (including phenoxy) is 2. The van der Waals surface area contributed by atoms with Crippen LogP contribution in [-0.2, 0) is 14.3 Å². The van der Waals surface area contributed by atoms with E-state index in [9.17, 15) is 18.0 Å². The molecule has 102 valence electrons. The molecule has 0 N–H and O–H groups in total. The van der Waals surface area contributed by atoms with Crippen molar-refractivity contribution >= 4 is 5.97 Å². The number of fused-ring (bicyclic) bond motifs is 2. The van der Waals surface area contributed by atoms with Gasteiger partial charge in [0.1, 0.15) is 6.10 Å². The topological polar surface area (TPSA) is 35.5 Å². The van der Waals surface area contributed by atoms with Crippen molar-refractivity contribution in [3.63, 3.8) is 0 Å². The Hall–Kier alpha value is -1.20. The number of esters is 1. The average Bonchev–Trinajstić information content (AvgIpc) is 2.73. The molecule has 0 aromatic rings. The van der Waals surface area contributed by atoms with Gasteiger partial charge < -0.3 is 9.47 Å². The maximum Gasteiger partial charge on any atom is 0.428 e. The van der Waals surface area contributed by atoms with E-state index in [1.54, 1.807) is 0 Å². The van der Waals surface area contributed by atoms with Crippen LogP contribution in [0.25, 0.3) is 0 Å². The second-order valence-electron chi connectivity index (χ2n) is 4.95. The van der Waals surface area contributed by atoms with E-state index in [1.807, 2.05) is 0 Å². The summed E-state index contributed by atoms with van der Waals surface area (Å²) >= 11 is 0. The summed E-state index contributed by atoms with van der Waals surface area (Å²) < 4.78 is 49.5. The molecule has 18 heavy (non-hydrogen) atoms. The maximum absolute atomic E-state index is 13.2. The lowest BCUT2D eigenvalue weighted by molar-refractivity contribution is -0.288. The van der Waals surface area contributed by atoms with Crippen LogP contribution in [0.5, 0.6) is 0 Å². The molecule has 2 fully saturated rings. The van der Waals surface area contributed by atoms with Gasteiger partial charge in [-0.15, -0.1) is 0 Å². The summed E-state index contributed by atoms with van der Waals surface area (Å²) in [7, 11) is 0. The van der Waals surface area contributed by atoms with Gasteiger partial charge in [-0.2, -0.15) is 13.2 Å². The summed E-state index contributed by atoms with van der Waals surface area (Å²) in [6, 6.07) is 0. The van der Waals surface area contributed by atoms with E-state index in [4.69, 9.17) is 4.74 Å². The van der Waals surface area contributed by atoms with Crippen molar-refractivity contribution in [2.24, 2.45) is 11.8 Å². The fraction of sp³-hybridized carbons (Fsp3) is 0.750. The van der Waals surface area contributed by atoms with Crippen LogP contribution in [0.1, 0.15) is 26.2 Å². The molecule has 4 atom stereocenters. The largest absolute Gasteiger partial charge is 0.498 e. The lowest BCUT2D eigenvalue weighted by Crippen LogP contribution is -2.54. The molecule has 2 saturated carbocycles. The highest BCUT2D eigenvalue weighted by Crippen LogP contribution is 2.59. The molecule has 0 aromatic carbocycles. The van der Waals surface area contributed by atoms with Crippen molar-refractivity contribution in [2.75, 3.05) is 0 Å². The number of rotatable bonds is 3. The third-order valence-corrected chi connectivity index (χ3v) is 3.93. The first kappa shape index (κ1) is 13.2. The highest BCUT2D eigenvalue weighted by atomic mass is 19.4. The van der Waals surface area contributed by atoms with Gasteiger partial charge in [0.2, 0.25) is 5.60 Å². The Morgan fingerprint density at radius 2 is 2.11 bits per heavy atom. The minimum atomic E-state index is -4.53. The Morgan fingerprint density at radius 3 is 2.50 bits per heavy atom. The third-order valence-electron chi connectivity index (χ3n) is 3.93. The van der Waals surface area contributed by atoms with Gasteiger partial charge in [0.25, 0.3) is 0 Å². The van der Waals surface area contributed by atoms with Crippen LogP contribution in [0.4, 0.5) is 13.2 Å². The number of halogens is 3. The zero-order valence-corrected chi connectivity index (χ0v) is 10.00. The van der Waals surface area contributed by atoms with Crippen LogP contribution in [0.2, 0.25) is 0 Å². The Balaban J connectivity index is 2.22. The summed E-state index contributed by atoms with van der Waals surface area (Å²) in [4.78, 5) is 11.0. The highest BCUT2D eigenvalue weighted by molar-refractivity contribution is 5.66. The maximum atomic E-state index is 13.2. The minimum absolute atomic E-state index is 0.209. The molecule has 0 saturated heterocycles. The number of alkyl halides is 3. The fourth-order valence-corrected chi connectivity index (χ4v) is 3.31. The molecule has 2 bridgehead atoms. The van der Waals surface area contributed by atoms with Gasteiger partial charge in [-0.25, -0.2) is 0 Å². The highest BCUT2D eigenvalue weighted by Gasteiger charge is 2.70. The van der Waals surface area contributed by atoms with Crippen molar-refractivity contribution in [3.05, 3.63) is 12.8 Å². The van der Waals surface area contributed by atoms with Crippen molar-refractivity contribution in [3.8, 4) is 0 Å². The molecule has 0 radical (unpaired) electrons. The second kappa shape index (κ2) is 4.17. The fourth-order valence-electron chi connectivity index (χ4n) is 3.31. The summed E-state index contributed by atoms with van der Waals surface area (Å²) in [5, 5.41) is 0. The molecule has 4 unspecified atom stereocenters. The first-order valence-electron chi connectivity index (χ1n) is 5.83. The second-order valence-corrected chi connectivity index (χ2v) is 4.95. The minimum Gasteiger partial charge on any atom is -0.498 e. The van der Waals surface area contributed by atoms with E-state index < -0.39 is 23.7 Å². The Bertz CT molecular complexity index is 366. The van der Waals surface area contributed by atoms with Crippen molar-refractivity contribution in [1.29, 1.82) is 0 Å². The molecule has 0 spiro atoms. The number of hydrogen-bond acceptors (Lipinski definition) is 3. The number of carbonyl (C=O) groups excluding carboxylic acids is 1. The molecule has 2 aliphatic carbocycles. The van der Waals surface area contributed by atoms with Gasteiger partial charge in [-0.1, -0.05) is 6.58 Å². The molecule has 0 amide bonds. The van der Waals surface area contributed by atoms with E-state index in [1.165, 1.54) is 6.26 Å². The zero-order valence-electron chi connectivity index (χ0n) is 10.00. The van der Waals surface area contributed by atoms with E-state index in [0.717, 1.165) is 6.92 Å². The van der Waals surface area contributed by atoms with E-state index >= 15 is 0 Å². The van der Waals surface area contributed by atoms with Crippen LogP contribution in [-0.4, -0.2) is 23.9 Å². The Labute approximate surface area is 103 Å². The average molecular weight is 264 g/mol. The number of hydrogen-bond donors (Lipinski definition) is 0. The van der Waals surface area contributed by atoms with Crippen LogP contribution in [0.3, 0.4) is 0 Å². The predicted molar refractivity (Wildman–Crippen MR) is 56.5 cm³/mol. The summed E-state index contributed by atoms with van der Waals surface area (Å²) in [5.41, 5.74) is -2.31. The van der Waals surface area contributed by atoms with E-state index in [2.05, 4.69) is 11.3 Å². The van der Waals surface area contributed by atoms with Crippen molar-refractivity contribution < 1.29 is 27.4 Å². The Morgan fingerprint density at radius 1 is 1.44 bits per heavy atom. The summed E-state index contributed by atoms with van der Waals surface area (Å²) in [5.74, 6) is -1.83.